The second-order valence-electron chi connectivity index (χ2n) is 3.25. The van der Waals surface area contributed by atoms with Gasteiger partial charge < -0.3 is 15.6 Å². The molecule has 5 nitrogen and oxygen atoms in total. The fraction of sp³-hybridized carbons (Fsp3) is 0.778. The van der Waals surface area contributed by atoms with E-state index in [1.165, 1.54) is 11.8 Å². The zero-order valence-electron chi connectivity index (χ0n) is 8.72. The number of aliphatic carboxylic acids is 1. The Hall–Kier alpha value is -0.750. The highest BCUT2D eigenvalue weighted by Crippen LogP contribution is 2.14. The fourth-order valence-corrected chi connectivity index (χ4v) is 1.88. The van der Waals surface area contributed by atoms with E-state index in [9.17, 15) is 9.59 Å². The van der Waals surface area contributed by atoms with Gasteiger partial charge in [0.1, 0.15) is 11.9 Å². The molecule has 0 aromatic rings. The lowest BCUT2D eigenvalue weighted by Gasteiger charge is -2.10. The molecule has 0 spiro atoms. The second kappa shape index (κ2) is 8.55. The Morgan fingerprint density at radius 2 is 2.33 bits per heavy atom. The van der Waals surface area contributed by atoms with Gasteiger partial charge in [-0.1, -0.05) is 0 Å². The Morgan fingerprint density at radius 1 is 1.67 bits per heavy atom. The molecule has 0 fully saturated rings. The van der Waals surface area contributed by atoms with Crippen LogP contribution in [0.1, 0.15) is 19.8 Å². The van der Waals surface area contributed by atoms with Crippen molar-refractivity contribution in [2.45, 2.75) is 31.1 Å². The van der Waals surface area contributed by atoms with E-state index in [1.54, 1.807) is 0 Å². The minimum absolute atomic E-state index is 0.0817. The molecule has 2 atom stereocenters. The number of thioether (sulfide) groups is 1. The summed E-state index contributed by atoms with van der Waals surface area (Å²) in [5, 5.41) is 8.09. The molecule has 88 valence electrons. The van der Waals surface area contributed by atoms with E-state index in [1.807, 2.05) is 6.92 Å². The average Bonchev–Trinajstić information content (AvgIpc) is 2.15. The van der Waals surface area contributed by atoms with E-state index in [4.69, 9.17) is 10.8 Å². The number of carboxylic acids is 1. The van der Waals surface area contributed by atoms with Gasteiger partial charge in [0.05, 0.1) is 0 Å². The van der Waals surface area contributed by atoms with Crippen LogP contribution < -0.4 is 5.73 Å². The average molecular weight is 235 g/mol. The van der Waals surface area contributed by atoms with Crippen molar-refractivity contribution in [3.63, 3.8) is 0 Å². The first-order valence-electron chi connectivity index (χ1n) is 4.73. The third-order valence-corrected chi connectivity index (χ3v) is 2.98. The molecule has 15 heavy (non-hydrogen) atoms. The predicted octanol–water partition coefficient (Wildman–Crippen LogP) is 0.473. The molecule has 0 bridgehead atoms. The van der Waals surface area contributed by atoms with Crippen LogP contribution in [0.2, 0.25) is 0 Å². The molecular weight excluding hydrogens is 218 g/mol. The lowest BCUT2D eigenvalue weighted by atomic mass is 10.2. The van der Waals surface area contributed by atoms with Gasteiger partial charge in [-0.15, -0.1) is 11.8 Å². The molecule has 2 unspecified atom stereocenters. The summed E-state index contributed by atoms with van der Waals surface area (Å²) in [6, 6.07) is 0.139. The van der Waals surface area contributed by atoms with Crippen molar-refractivity contribution in [1.82, 2.24) is 0 Å². The topological polar surface area (TPSA) is 89.6 Å². The molecule has 3 N–H and O–H groups in total. The third kappa shape index (κ3) is 8.26. The molecule has 0 heterocycles. The highest BCUT2D eigenvalue weighted by atomic mass is 32.2. The van der Waals surface area contributed by atoms with Crippen molar-refractivity contribution in [2.75, 3.05) is 12.4 Å². The molecule has 0 amide bonds. The molecule has 0 rings (SSSR count). The summed E-state index contributed by atoms with van der Waals surface area (Å²) in [6.45, 7) is 2.09. The Morgan fingerprint density at radius 3 is 2.80 bits per heavy atom. The summed E-state index contributed by atoms with van der Waals surface area (Å²) >= 11 is 1.27. The van der Waals surface area contributed by atoms with Gasteiger partial charge >= 0.3 is 5.97 Å². The standard InChI is InChI=1S/C9H17NO4S/c1-7(10)3-2-4-15-8(9(12)13)5-14-6-11/h6-8H,2-5,10H2,1H3,(H,12,13). The summed E-state index contributed by atoms with van der Waals surface area (Å²) in [5.74, 6) is -0.247. The number of carbonyl (C=O) groups is 2. The molecule has 6 heteroatoms. The van der Waals surface area contributed by atoms with Crippen molar-refractivity contribution in [3.05, 3.63) is 0 Å². The van der Waals surface area contributed by atoms with E-state index >= 15 is 0 Å². The summed E-state index contributed by atoms with van der Waals surface area (Å²) in [6.07, 6.45) is 1.74. The fourth-order valence-electron chi connectivity index (χ4n) is 0.948. The summed E-state index contributed by atoms with van der Waals surface area (Å²) in [4.78, 5) is 20.6. The molecule has 0 aliphatic carbocycles. The Kier molecular flexibility index (Phi) is 8.12. The van der Waals surface area contributed by atoms with Gasteiger partial charge in [-0.2, -0.15) is 0 Å². The quantitative estimate of drug-likeness (QED) is 0.446. The number of rotatable bonds is 9. The van der Waals surface area contributed by atoms with Gasteiger partial charge in [0, 0.05) is 6.04 Å². The van der Waals surface area contributed by atoms with Crippen molar-refractivity contribution in [1.29, 1.82) is 0 Å². The molecule has 0 aromatic heterocycles. The first-order valence-corrected chi connectivity index (χ1v) is 5.78. The lowest BCUT2D eigenvalue weighted by Crippen LogP contribution is -2.23. The van der Waals surface area contributed by atoms with E-state index in [0.29, 0.717) is 5.75 Å². The normalized spacial score (nSPS) is 14.3. The van der Waals surface area contributed by atoms with Gasteiger partial charge in [0.2, 0.25) is 0 Å². The van der Waals surface area contributed by atoms with E-state index in [2.05, 4.69) is 4.74 Å². The molecular formula is C9H17NO4S. The SMILES string of the molecule is CC(N)CCCSC(COC=O)C(=O)O. The van der Waals surface area contributed by atoms with Crippen LogP contribution in [0.15, 0.2) is 0 Å². The van der Waals surface area contributed by atoms with Gasteiger partial charge in [0.15, 0.2) is 0 Å². The van der Waals surface area contributed by atoms with E-state index < -0.39 is 11.2 Å². The molecule has 0 aromatic carbocycles. The number of hydrogen-bond donors (Lipinski definition) is 2. The predicted molar refractivity (Wildman–Crippen MR) is 58.8 cm³/mol. The number of carbonyl (C=O) groups excluding carboxylic acids is 1. The summed E-state index contributed by atoms with van der Waals surface area (Å²) < 4.78 is 4.43. The lowest BCUT2D eigenvalue weighted by molar-refractivity contribution is -0.138. The highest BCUT2D eigenvalue weighted by Gasteiger charge is 2.18. The number of nitrogens with two attached hydrogens (primary N) is 1. The van der Waals surface area contributed by atoms with Crippen molar-refractivity contribution >= 4 is 24.2 Å². The van der Waals surface area contributed by atoms with E-state index in [0.717, 1.165) is 12.8 Å². The van der Waals surface area contributed by atoms with Crippen LogP contribution in [-0.4, -0.2) is 41.2 Å². The Labute approximate surface area is 93.4 Å². The Balaban J connectivity index is 3.66. The maximum absolute atomic E-state index is 10.7. The smallest absolute Gasteiger partial charge is 0.320 e. The van der Waals surface area contributed by atoms with Crippen LogP contribution in [0.25, 0.3) is 0 Å². The highest BCUT2D eigenvalue weighted by molar-refractivity contribution is 8.00. The minimum Gasteiger partial charge on any atom is -0.480 e. The van der Waals surface area contributed by atoms with Gasteiger partial charge in [-0.3, -0.25) is 9.59 Å². The molecule has 0 aliphatic rings. The first kappa shape index (κ1) is 14.2. The van der Waals surface area contributed by atoms with Gasteiger partial charge in [-0.05, 0) is 25.5 Å². The zero-order chi connectivity index (χ0) is 11.7. The van der Waals surface area contributed by atoms with Gasteiger partial charge in [0.25, 0.3) is 6.47 Å². The zero-order valence-corrected chi connectivity index (χ0v) is 9.53. The maximum Gasteiger partial charge on any atom is 0.320 e. The van der Waals surface area contributed by atoms with Crippen LogP contribution in [-0.2, 0) is 14.3 Å². The number of ether oxygens (including phenoxy) is 1. The number of hydrogen-bond acceptors (Lipinski definition) is 5. The monoisotopic (exact) mass is 235 g/mol. The molecule has 0 aliphatic heterocycles. The van der Waals surface area contributed by atoms with Gasteiger partial charge in [-0.25, -0.2) is 0 Å². The van der Waals surface area contributed by atoms with Crippen molar-refractivity contribution < 1.29 is 19.4 Å². The third-order valence-electron chi connectivity index (χ3n) is 1.71. The van der Waals surface area contributed by atoms with Crippen LogP contribution in [0.3, 0.4) is 0 Å². The molecule has 0 saturated heterocycles. The maximum atomic E-state index is 10.7. The van der Waals surface area contributed by atoms with Crippen molar-refractivity contribution in [2.24, 2.45) is 5.73 Å². The summed E-state index contributed by atoms with van der Waals surface area (Å²) in [5.41, 5.74) is 5.55. The largest absolute Gasteiger partial charge is 0.480 e. The van der Waals surface area contributed by atoms with Crippen LogP contribution >= 0.6 is 11.8 Å². The summed E-state index contributed by atoms with van der Waals surface area (Å²) in [7, 11) is 0. The molecule has 0 radical (unpaired) electrons. The number of carboxylic acid groups (broad SMARTS) is 1. The second-order valence-corrected chi connectivity index (χ2v) is 4.56. The Bertz CT molecular complexity index is 199. The van der Waals surface area contributed by atoms with Crippen molar-refractivity contribution in [3.8, 4) is 0 Å². The van der Waals surface area contributed by atoms with Crippen LogP contribution in [0.5, 0.6) is 0 Å². The van der Waals surface area contributed by atoms with Crippen LogP contribution in [0.4, 0.5) is 0 Å². The molecule has 0 saturated carbocycles. The van der Waals surface area contributed by atoms with Crippen LogP contribution in [0, 0.1) is 0 Å². The minimum atomic E-state index is -0.956. The first-order chi connectivity index (χ1) is 7.07. The van der Waals surface area contributed by atoms with E-state index in [-0.39, 0.29) is 19.1 Å².